The summed E-state index contributed by atoms with van der Waals surface area (Å²) in [5, 5.41) is 7.24. The standard InChI is InChI=1S/C19H19F2N3O2/c1-22-19(23-11-14-7-3-5-9-17(14)26-18(20)21)24-12-15-10-13-6-2-4-8-16(13)25-15/h2-10,18H,11-12H2,1H3,(H2,22,23,24). The average molecular weight is 359 g/mol. The third kappa shape index (κ3) is 4.50. The van der Waals surface area contributed by atoms with Crippen LogP contribution in [0.5, 0.6) is 5.75 Å². The number of aliphatic imine (C=N–C) groups is 1. The van der Waals surface area contributed by atoms with Crippen LogP contribution in [0.25, 0.3) is 11.0 Å². The number of furan rings is 1. The van der Waals surface area contributed by atoms with Gasteiger partial charge in [-0.05, 0) is 18.2 Å². The predicted octanol–water partition coefficient (Wildman–Crippen LogP) is 3.90. The number of benzene rings is 2. The van der Waals surface area contributed by atoms with Crippen molar-refractivity contribution in [2.24, 2.45) is 4.99 Å². The van der Waals surface area contributed by atoms with E-state index < -0.39 is 6.61 Å². The number of para-hydroxylation sites is 2. The van der Waals surface area contributed by atoms with Gasteiger partial charge in [-0.25, -0.2) is 0 Å². The molecule has 3 rings (SSSR count). The van der Waals surface area contributed by atoms with E-state index in [1.807, 2.05) is 30.3 Å². The van der Waals surface area contributed by atoms with E-state index in [9.17, 15) is 8.78 Å². The number of nitrogens with one attached hydrogen (secondary N) is 2. The van der Waals surface area contributed by atoms with Gasteiger partial charge < -0.3 is 19.8 Å². The lowest BCUT2D eigenvalue weighted by atomic mass is 10.2. The summed E-state index contributed by atoms with van der Waals surface area (Å²) in [4.78, 5) is 4.13. The second-order valence-corrected chi connectivity index (χ2v) is 5.52. The molecule has 2 aromatic carbocycles. The van der Waals surface area contributed by atoms with E-state index in [1.54, 1.807) is 25.2 Å². The summed E-state index contributed by atoms with van der Waals surface area (Å²) in [7, 11) is 1.63. The monoisotopic (exact) mass is 359 g/mol. The minimum Gasteiger partial charge on any atom is -0.459 e. The number of guanidine groups is 1. The number of ether oxygens (including phenoxy) is 1. The van der Waals surface area contributed by atoms with Crippen molar-refractivity contribution in [3.8, 4) is 5.75 Å². The van der Waals surface area contributed by atoms with Crippen molar-refractivity contribution in [1.29, 1.82) is 0 Å². The molecule has 1 heterocycles. The van der Waals surface area contributed by atoms with Crippen molar-refractivity contribution in [1.82, 2.24) is 10.6 Å². The third-order valence-electron chi connectivity index (χ3n) is 3.77. The molecule has 0 aliphatic rings. The Labute approximate surface area is 149 Å². The highest BCUT2D eigenvalue weighted by Gasteiger charge is 2.10. The van der Waals surface area contributed by atoms with Gasteiger partial charge in [0.25, 0.3) is 0 Å². The quantitative estimate of drug-likeness (QED) is 0.518. The van der Waals surface area contributed by atoms with Gasteiger partial charge >= 0.3 is 6.61 Å². The Bertz CT molecular complexity index is 860. The second kappa shape index (κ2) is 8.33. The van der Waals surface area contributed by atoms with Gasteiger partial charge in [0.1, 0.15) is 17.1 Å². The highest BCUT2D eigenvalue weighted by molar-refractivity contribution is 5.80. The van der Waals surface area contributed by atoms with E-state index in [4.69, 9.17) is 4.42 Å². The molecule has 0 radical (unpaired) electrons. The molecule has 5 nitrogen and oxygen atoms in total. The van der Waals surface area contributed by atoms with Crippen molar-refractivity contribution in [2.45, 2.75) is 19.7 Å². The van der Waals surface area contributed by atoms with Crippen LogP contribution in [0.1, 0.15) is 11.3 Å². The number of hydrogen-bond donors (Lipinski definition) is 2. The molecule has 2 N–H and O–H groups in total. The molecule has 0 aliphatic heterocycles. The molecule has 0 saturated heterocycles. The van der Waals surface area contributed by atoms with Crippen LogP contribution in [0.15, 0.2) is 64.0 Å². The first-order valence-corrected chi connectivity index (χ1v) is 8.10. The van der Waals surface area contributed by atoms with E-state index in [-0.39, 0.29) is 5.75 Å². The van der Waals surface area contributed by atoms with E-state index in [0.717, 1.165) is 16.7 Å². The first-order valence-electron chi connectivity index (χ1n) is 8.10. The molecule has 0 atom stereocenters. The van der Waals surface area contributed by atoms with Gasteiger partial charge in [0.15, 0.2) is 5.96 Å². The lowest BCUT2D eigenvalue weighted by Gasteiger charge is -2.14. The molecule has 136 valence electrons. The second-order valence-electron chi connectivity index (χ2n) is 5.52. The third-order valence-corrected chi connectivity index (χ3v) is 3.77. The summed E-state index contributed by atoms with van der Waals surface area (Å²) in [6.45, 7) is -2.12. The smallest absolute Gasteiger partial charge is 0.387 e. The zero-order chi connectivity index (χ0) is 18.4. The van der Waals surface area contributed by atoms with Gasteiger partial charge in [0, 0.05) is 24.5 Å². The Morgan fingerprint density at radius 2 is 1.81 bits per heavy atom. The van der Waals surface area contributed by atoms with Crippen molar-refractivity contribution in [2.75, 3.05) is 7.05 Å². The molecule has 1 aromatic heterocycles. The van der Waals surface area contributed by atoms with Crippen LogP contribution in [0.3, 0.4) is 0 Å². The van der Waals surface area contributed by atoms with Crippen molar-refractivity contribution >= 4 is 16.9 Å². The normalized spacial score (nSPS) is 11.8. The maximum Gasteiger partial charge on any atom is 0.387 e. The van der Waals surface area contributed by atoms with E-state index in [1.165, 1.54) is 6.07 Å². The van der Waals surface area contributed by atoms with Crippen LogP contribution in [0.4, 0.5) is 8.78 Å². The van der Waals surface area contributed by atoms with Crippen molar-refractivity contribution in [3.63, 3.8) is 0 Å². The van der Waals surface area contributed by atoms with E-state index in [2.05, 4.69) is 20.4 Å². The Kier molecular flexibility index (Phi) is 5.68. The molecule has 0 saturated carbocycles. The molecule has 0 fully saturated rings. The first-order chi connectivity index (χ1) is 12.7. The molecular formula is C19H19F2N3O2. The summed E-state index contributed by atoms with van der Waals surface area (Å²) < 4.78 is 35.2. The molecular weight excluding hydrogens is 340 g/mol. The fourth-order valence-corrected chi connectivity index (χ4v) is 2.56. The molecule has 0 spiro atoms. The van der Waals surface area contributed by atoms with Crippen molar-refractivity contribution in [3.05, 3.63) is 65.9 Å². The Hall–Kier alpha value is -3.09. The van der Waals surface area contributed by atoms with Gasteiger partial charge in [-0.1, -0.05) is 36.4 Å². The summed E-state index contributed by atoms with van der Waals surface area (Å²) >= 11 is 0. The fourth-order valence-electron chi connectivity index (χ4n) is 2.56. The zero-order valence-electron chi connectivity index (χ0n) is 14.2. The lowest BCUT2D eigenvalue weighted by molar-refractivity contribution is -0.0504. The number of fused-ring (bicyclic) bond motifs is 1. The van der Waals surface area contributed by atoms with Gasteiger partial charge in [0.2, 0.25) is 0 Å². The van der Waals surface area contributed by atoms with Crippen molar-refractivity contribution < 1.29 is 17.9 Å². The predicted molar refractivity (Wildman–Crippen MR) is 96.3 cm³/mol. The number of rotatable bonds is 6. The Morgan fingerprint density at radius 3 is 2.58 bits per heavy atom. The minimum absolute atomic E-state index is 0.141. The lowest BCUT2D eigenvalue weighted by Crippen LogP contribution is -2.36. The molecule has 0 amide bonds. The summed E-state index contributed by atoms with van der Waals surface area (Å²) in [6, 6.07) is 16.4. The number of nitrogens with zero attached hydrogens (tertiary/aromatic N) is 1. The van der Waals surface area contributed by atoms with Gasteiger partial charge in [-0.2, -0.15) is 8.78 Å². The molecule has 0 bridgehead atoms. The molecule has 0 aliphatic carbocycles. The molecule has 7 heteroatoms. The first kappa shape index (κ1) is 17.7. The van der Waals surface area contributed by atoms with Crippen LogP contribution >= 0.6 is 0 Å². The van der Waals surface area contributed by atoms with E-state index >= 15 is 0 Å². The highest BCUT2D eigenvalue weighted by Crippen LogP contribution is 2.20. The molecule has 26 heavy (non-hydrogen) atoms. The van der Waals surface area contributed by atoms with Crippen LogP contribution < -0.4 is 15.4 Å². The zero-order valence-corrected chi connectivity index (χ0v) is 14.2. The minimum atomic E-state index is -2.86. The van der Waals surface area contributed by atoms with Gasteiger partial charge in [0.05, 0.1) is 6.54 Å². The molecule has 3 aromatic rings. The summed E-state index contributed by atoms with van der Waals surface area (Å²) in [5.41, 5.74) is 1.44. The highest BCUT2D eigenvalue weighted by atomic mass is 19.3. The summed E-state index contributed by atoms with van der Waals surface area (Å²) in [5.74, 6) is 1.44. The maximum atomic E-state index is 12.5. The molecule has 0 unspecified atom stereocenters. The van der Waals surface area contributed by atoms with E-state index in [0.29, 0.717) is 24.6 Å². The Balaban J connectivity index is 1.58. The summed E-state index contributed by atoms with van der Waals surface area (Å²) in [6.07, 6.45) is 0. The average Bonchev–Trinajstić information content (AvgIpc) is 3.05. The number of hydrogen-bond acceptors (Lipinski definition) is 3. The topological polar surface area (TPSA) is 58.8 Å². The number of halogens is 2. The van der Waals surface area contributed by atoms with Gasteiger partial charge in [-0.15, -0.1) is 0 Å². The Morgan fingerprint density at radius 1 is 1.08 bits per heavy atom. The van der Waals surface area contributed by atoms with Gasteiger partial charge in [-0.3, -0.25) is 4.99 Å². The van der Waals surface area contributed by atoms with Crippen LogP contribution in [-0.2, 0) is 13.1 Å². The van der Waals surface area contributed by atoms with Crippen LogP contribution in [0, 0.1) is 0 Å². The van der Waals surface area contributed by atoms with Crippen LogP contribution in [0.2, 0.25) is 0 Å². The number of alkyl halides is 2. The van der Waals surface area contributed by atoms with Crippen LogP contribution in [-0.4, -0.2) is 19.6 Å². The SMILES string of the molecule is CN=C(NCc1cc2ccccc2o1)NCc1ccccc1OC(F)F. The maximum absolute atomic E-state index is 12.5. The largest absolute Gasteiger partial charge is 0.459 e. The fraction of sp³-hybridized carbons (Fsp3) is 0.211.